The number of benzene rings is 1. The van der Waals surface area contributed by atoms with Gasteiger partial charge >= 0.3 is 0 Å². The van der Waals surface area contributed by atoms with E-state index in [0.717, 1.165) is 5.69 Å². The molecule has 0 saturated heterocycles. The Kier molecular flexibility index (Phi) is 3.19. The third kappa shape index (κ3) is 2.20. The van der Waals surface area contributed by atoms with Gasteiger partial charge in [-0.15, -0.1) is 0 Å². The number of H-pyrrole nitrogens is 1. The van der Waals surface area contributed by atoms with Crippen molar-refractivity contribution in [1.82, 2.24) is 9.78 Å². The lowest BCUT2D eigenvalue weighted by molar-refractivity contribution is 0.626. The van der Waals surface area contributed by atoms with Crippen LogP contribution in [0.25, 0.3) is 5.69 Å². The first-order valence-corrected chi connectivity index (χ1v) is 6.06. The second-order valence-corrected chi connectivity index (χ2v) is 4.90. The Balaban J connectivity index is 2.57. The summed E-state index contributed by atoms with van der Waals surface area (Å²) in [5.41, 5.74) is 1.28. The second-order valence-electron chi connectivity index (χ2n) is 4.11. The minimum atomic E-state index is -0.323. The Morgan fingerprint density at radius 3 is 2.35 bits per heavy atom. The maximum absolute atomic E-state index is 12.8. The monoisotopic (exact) mass is 298 g/mol. The van der Waals surface area contributed by atoms with Gasteiger partial charge in [0.1, 0.15) is 10.3 Å². The number of rotatable bonds is 2. The summed E-state index contributed by atoms with van der Waals surface area (Å²) in [5.74, 6) is -0.115. The smallest absolute Gasteiger partial charge is 0.285 e. The highest BCUT2D eigenvalue weighted by atomic mass is 79.9. The first-order valence-electron chi connectivity index (χ1n) is 5.27. The molecule has 1 aromatic heterocycles. The molecule has 90 valence electrons. The molecule has 0 unspecified atom stereocenters. The minimum absolute atomic E-state index is 0.166. The van der Waals surface area contributed by atoms with Crippen LogP contribution in [-0.2, 0) is 0 Å². The molecule has 1 N–H and O–H groups in total. The molecule has 0 amide bonds. The summed E-state index contributed by atoms with van der Waals surface area (Å²) >= 11 is 3.27. The van der Waals surface area contributed by atoms with E-state index in [1.54, 1.807) is 12.1 Å². The van der Waals surface area contributed by atoms with E-state index in [9.17, 15) is 9.18 Å². The molecule has 0 aliphatic carbocycles. The Labute approximate surface area is 106 Å². The van der Waals surface area contributed by atoms with Crippen LogP contribution in [-0.4, -0.2) is 9.78 Å². The topological polar surface area (TPSA) is 37.8 Å². The Bertz CT molecular complexity index is 584. The summed E-state index contributed by atoms with van der Waals surface area (Å²) in [4.78, 5) is 12.0. The zero-order chi connectivity index (χ0) is 12.6. The molecule has 0 aliphatic rings. The van der Waals surface area contributed by atoms with Gasteiger partial charge in [0.2, 0.25) is 0 Å². The van der Waals surface area contributed by atoms with Gasteiger partial charge in [0, 0.05) is 0 Å². The normalized spacial score (nSPS) is 11.1. The molecule has 3 nitrogen and oxygen atoms in total. The van der Waals surface area contributed by atoms with E-state index < -0.39 is 0 Å². The highest BCUT2D eigenvalue weighted by Crippen LogP contribution is 2.20. The molecule has 0 bridgehead atoms. The van der Waals surface area contributed by atoms with Crippen LogP contribution in [0.3, 0.4) is 0 Å². The number of halogens is 2. The van der Waals surface area contributed by atoms with Gasteiger partial charge in [0.25, 0.3) is 5.56 Å². The molecule has 0 aliphatic heterocycles. The van der Waals surface area contributed by atoms with Gasteiger partial charge < -0.3 is 0 Å². The predicted molar refractivity (Wildman–Crippen MR) is 68.1 cm³/mol. The Morgan fingerprint density at radius 1 is 1.29 bits per heavy atom. The maximum Gasteiger partial charge on any atom is 0.285 e. The van der Waals surface area contributed by atoms with Crippen LogP contribution in [0.5, 0.6) is 0 Å². The van der Waals surface area contributed by atoms with E-state index in [1.165, 1.54) is 16.8 Å². The molecule has 0 saturated carbocycles. The molecule has 0 fully saturated rings. The zero-order valence-corrected chi connectivity index (χ0v) is 11.1. The van der Waals surface area contributed by atoms with Crippen molar-refractivity contribution in [2.75, 3.05) is 0 Å². The SMILES string of the molecule is CC(C)c1[nH]n(-c2ccc(F)cc2)c(=O)c1Br. The van der Waals surface area contributed by atoms with Crippen molar-refractivity contribution in [2.24, 2.45) is 0 Å². The van der Waals surface area contributed by atoms with Crippen molar-refractivity contribution < 1.29 is 4.39 Å². The van der Waals surface area contributed by atoms with Gasteiger partial charge in [-0.2, -0.15) is 0 Å². The van der Waals surface area contributed by atoms with E-state index in [-0.39, 0.29) is 17.3 Å². The fourth-order valence-electron chi connectivity index (χ4n) is 1.59. The number of aromatic amines is 1. The number of aromatic nitrogens is 2. The van der Waals surface area contributed by atoms with Crippen molar-refractivity contribution in [3.63, 3.8) is 0 Å². The molecule has 1 aromatic carbocycles. The van der Waals surface area contributed by atoms with Gasteiger partial charge in [-0.05, 0) is 46.1 Å². The lowest BCUT2D eigenvalue weighted by Crippen LogP contribution is -2.14. The lowest BCUT2D eigenvalue weighted by atomic mass is 10.1. The molecule has 1 heterocycles. The average Bonchev–Trinajstić information content (AvgIpc) is 2.58. The minimum Gasteiger partial charge on any atom is -0.294 e. The first kappa shape index (κ1) is 12.1. The predicted octanol–water partition coefficient (Wildman–Crippen LogP) is 3.19. The molecule has 2 rings (SSSR count). The molecule has 17 heavy (non-hydrogen) atoms. The van der Waals surface area contributed by atoms with Crippen LogP contribution < -0.4 is 5.56 Å². The zero-order valence-electron chi connectivity index (χ0n) is 9.50. The largest absolute Gasteiger partial charge is 0.294 e. The van der Waals surface area contributed by atoms with E-state index in [1.807, 2.05) is 13.8 Å². The highest BCUT2D eigenvalue weighted by molar-refractivity contribution is 9.10. The summed E-state index contributed by atoms with van der Waals surface area (Å²) in [6, 6.07) is 5.77. The van der Waals surface area contributed by atoms with Crippen LogP contribution in [0.1, 0.15) is 25.5 Å². The van der Waals surface area contributed by atoms with Crippen LogP contribution in [0.2, 0.25) is 0 Å². The fourth-order valence-corrected chi connectivity index (χ4v) is 2.31. The van der Waals surface area contributed by atoms with Crippen molar-refractivity contribution in [1.29, 1.82) is 0 Å². The number of nitrogens with zero attached hydrogens (tertiary/aromatic N) is 1. The van der Waals surface area contributed by atoms with Gasteiger partial charge in [-0.1, -0.05) is 13.8 Å². The van der Waals surface area contributed by atoms with Crippen LogP contribution in [0, 0.1) is 5.82 Å². The molecule has 0 radical (unpaired) electrons. The number of hydrogen-bond donors (Lipinski definition) is 1. The second kappa shape index (κ2) is 4.49. The molecule has 5 heteroatoms. The summed E-state index contributed by atoms with van der Waals surface area (Å²) in [6.07, 6.45) is 0. The maximum atomic E-state index is 12.8. The van der Waals surface area contributed by atoms with Crippen molar-refractivity contribution in [2.45, 2.75) is 19.8 Å². The first-order chi connectivity index (χ1) is 8.00. The molecule has 2 aromatic rings. The number of hydrogen-bond acceptors (Lipinski definition) is 1. The molecular formula is C12H12BrFN2O. The fraction of sp³-hybridized carbons (Fsp3) is 0.250. The third-order valence-electron chi connectivity index (χ3n) is 2.52. The lowest BCUT2D eigenvalue weighted by Gasteiger charge is -2.03. The van der Waals surface area contributed by atoms with Crippen LogP contribution >= 0.6 is 15.9 Å². The molecule has 0 spiro atoms. The standard InChI is InChI=1S/C12H12BrFN2O/c1-7(2)11-10(13)12(17)16(15-11)9-5-3-8(14)4-6-9/h3-7,15H,1-2H3. The van der Waals surface area contributed by atoms with E-state index in [0.29, 0.717) is 10.2 Å². The molecular weight excluding hydrogens is 287 g/mol. The van der Waals surface area contributed by atoms with Crippen molar-refractivity contribution >= 4 is 15.9 Å². The van der Waals surface area contributed by atoms with Crippen molar-refractivity contribution in [3.05, 3.63) is 50.6 Å². The Hall–Kier alpha value is -1.36. The summed E-state index contributed by atoms with van der Waals surface area (Å²) in [6.45, 7) is 3.98. The van der Waals surface area contributed by atoms with Gasteiger partial charge in [0.15, 0.2) is 0 Å². The van der Waals surface area contributed by atoms with Crippen LogP contribution in [0.4, 0.5) is 4.39 Å². The third-order valence-corrected chi connectivity index (χ3v) is 3.29. The van der Waals surface area contributed by atoms with Gasteiger partial charge in [-0.3, -0.25) is 9.89 Å². The molecule has 0 atom stereocenters. The van der Waals surface area contributed by atoms with Crippen molar-refractivity contribution in [3.8, 4) is 5.69 Å². The average molecular weight is 299 g/mol. The summed E-state index contributed by atoms with van der Waals surface area (Å²) in [7, 11) is 0. The van der Waals surface area contributed by atoms with E-state index in [2.05, 4.69) is 21.0 Å². The van der Waals surface area contributed by atoms with E-state index >= 15 is 0 Å². The van der Waals surface area contributed by atoms with Gasteiger partial charge in [-0.25, -0.2) is 9.07 Å². The Morgan fingerprint density at radius 2 is 1.88 bits per heavy atom. The number of nitrogens with one attached hydrogen (secondary N) is 1. The van der Waals surface area contributed by atoms with Crippen LogP contribution in [0.15, 0.2) is 33.5 Å². The highest BCUT2D eigenvalue weighted by Gasteiger charge is 2.14. The van der Waals surface area contributed by atoms with E-state index in [4.69, 9.17) is 0 Å². The summed E-state index contributed by atoms with van der Waals surface area (Å²) in [5, 5.41) is 3.02. The van der Waals surface area contributed by atoms with Gasteiger partial charge in [0.05, 0.1) is 11.4 Å². The quantitative estimate of drug-likeness (QED) is 0.908. The summed E-state index contributed by atoms with van der Waals surface area (Å²) < 4.78 is 14.7.